The van der Waals surface area contributed by atoms with Crippen LogP contribution < -0.4 is 10.2 Å². The van der Waals surface area contributed by atoms with Crippen molar-refractivity contribution >= 4 is 45.2 Å². The SMILES string of the molecule is Clc1ncc(CNc2ccc(N3CCCC3)c3ncccc23)s1. The van der Waals surface area contributed by atoms with Gasteiger partial charge in [0, 0.05) is 41.4 Å². The molecule has 1 saturated heterocycles. The number of benzene rings is 1. The van der Waals surface area contributed by atoms with Crippen LogP contribution in [0.3, 0.4) is 0 Å². The Kier molecular flexibility index (Phi) is 4.06. The lowest BCUT2D eigenvalue weighted by molar-refractivity contribution is 0.949. The number of pyridine rings is 1. The van der Waals surface area contributed by atoms with Gasteiger partial charge in [0.15, 0.2) is 4.47 Å². The normalized spacial score (nSPS) is 14.6. The Bertz CT molecular complexity index is 826. The van der Waals surface area contributed by atoms with Crippen LogP contribution in [-0.4, -0.2) is 23.1 Å². The number of hydrogen-bond acceptors (Lipinski definition) is 5. The van der Waals surface area contributed by atoms with Gasteiger partial charge in [0.05, 0.1) is 17.7 Å². The fourth-order valence-electron chi connectivity index (χ4n) is 3.07. The molecule has 0 saturated carbocycles. The fourth-order valence-corrected chi connectivity index (χ4v) is 3.99. The molecule has 6 heteroatoms. The molecule has 1 aliphatic rings. The second kappa shape index (κ2) is 6.34. The van der Waals surface area contributed by atoms with E-state index in [0.717, 1.165) is 41.1 Å². The van der Waals surface area contributed by atoms with Crippen LogP contribution in [0.2, 0.25) is 4.47 Å². The third kappa shape index (κ3) is 2.99. The van der Waals surface area contributed by atoms with E-state index in [9.17, 15) is 0 Å². The summed E-state index contributed by atoms with van der Waals surface area (Å²) in [5.74, 6) is 0. The first-order chi connectivity index (χ1) is 11.3. The Morgan fingerprint density at radius 3 is 2.83 bits per heavy atom. The Morgan fingerprint density at radius 2 is 2.04 bits per heavy atom. The van der Waals surface area contributed by atoms with Crippen LogP contribution >= 0.6 is 22.9 Å². The van der Waals surface area contributed by atoms with Gasteiger partial charge in [-0.3, -0.25) is 4.98 Å². The highest BCUT2D eigenvalue weighted by atomic mass is 35.5. The molecule has 118 valence electrons. The van der Waals surface area contributed by atoms with Gasteiger partial charge in [-0.1, -0.05) is 11.6 Å². The molecule has 3 aromatic rings. The zero-order chi connectivity index (χ0) is 15.6. The number of anilines is 2. The van der Waals surface area contributed by atoms with Crippen molar-refractivity contribution < 1.29 is 0 Å². The highest BCUT2D eigenvalue weighted by Crippen LogP contribution is 2.33. The molecule has 0 atom stereocenters. The minimum absolute atomic E-state index is 0.581. The van der Waals surface area contributed by atoms with E-state index in [1.807, 2.05) is 18.5 Å². The number of halogens is 1. The molecule has 0 spiro atoms. The van der Waals surface area contributed by atoms with Crippen LogP contribution in [0.15, 0.2) is 36.7 Å². The van der Waals surface area contributed by atoms with Gasteiger partial charge in [-0.2, -0.15) is 0 Å². The summed E-state index contributed by atoms with van der Waals surface area (Å²) >= 11 is 7.40. The summed E-state index contributed by atoms with van der Waals surface area (Å²) in [6.45, 7) is 2.97. The van der Waals surface area contributed by atoms with E-state index in [1.54, 1.807) is 0 Å². The van der Waals surface area contributed by atoms with Crippen molar-refractivity contribution in [3.05, 3.63) is 46.0 Å². The first-order valence-electron chi connectivity index (χ1n) is 7.78. The summed E-state index contributed by atoms with van der Waals surface area (Å²) in [5, 5.41) is 4.65. The zero-order valence-electron chi connectivity index (χ0n) is 12.6. The molecule has 1 aromatic carbocycles. The predicted molar refractivity (Wildman–Crippen MR) is 97.6 cm³/mol. The maximum Gasteiger partial charge on any atom is 0.183 e. The Balaban J connectivity index is 1.66. The molecule has 4 rings (SSSR count). The van der Waals surface area contributed by atoms with Crippen molar-refractivity contribution in [1.29, 1.82) is 0 Å². The van der Waals surface area contributed by atoms with Crippen LogP contribution in [0, 0.1) is 0 Å². The standard InChI is InChI=1S/C17H17ClN4S/c18-17-21-11-12(23-17)10-20-14-5-6-15(22-8-1-2-9-22)16-13(14)4-3-7-19-16/h3-7,11,20H,1-2,8-10H2. The van der Waals surface area contributed by atoms with Crippen molar-refractivity contribution in [1.82, 2.24) is 9.97 Å². The smallest absolute Gasteiger partial charge is 0.183 e. The second-order valence-corrected chi connectivity index (χ2v) is 7.36. The largest absolute Gasteiger partial charge is 0.380 e. The van der Waals surface area contributed by atoms with Crippen molar-refractivity contribution in [3.63, 3.8) is 0 Å². The van der Waals surface area contributed by atoms with E-state index in [2.05, 4.69) is 38.4 Å². The first kappa shape index (κ1) is 14.7. The second-order valence-electron chi connectivity index (χ2n) is 5.66. The van der Waals surface area contributed by atoms with Gasteiger partial charge >= 0.3 is 0 Å². The van der Waals surface area contributed by atoms with Crippen LogP contribution in [-0.2, 0) is 6.54 Å². The van der Waals surface area contributed by atoms with E-state index in [-0.39, 0.29) is 0 Å². The molecule has 2 aromatic heterocycles. The molecule has 1 fully saturated rings. The molecule has 0 amide bonds. The molecule has 0 radical (unpaired) electrons. The van der Waals surface area contributed by atoms with Gasteiger partial charge in [0.2, 0.25) is 0 Å². The summed E-state index contributed by atoms with van der Waals surface area (Å²) in [6, 6.07) is 8.46. The van der Waals surface area contributed by atoms with Crippen LogP contribution in [0.25, 0.3) is 10.9 Å². The van der Waals surface area contributed by atoms with E-state index in [1.165, 1.54) is 29.9 Å². The summed E-state index contributed by atoms with van der Waals surface area (Å²) in [5.41, 5.74) is 3.41. The number of thiazole rings is 1. The molecule has 0 unspecified atom stereocenters. The molecule has 1 N–H and O–H groups in total. The topological polar surface area (TPSA) is 41.1 Å². The number of fused-ring (bicyclic) bond motifs is 1. The van der Waals surface area contributed by atoms with Gasteiger partial charge in [-0.05, 0) is 37.1 Å². The molecule has 1 aliphatic heterocycles. The average molecular weight is 345 g/mol. The number of nitrogens with one attached hydrogen (secondary N) is 1. The quantitative estimate of drug-likeness (QED) is 0.753. The monoisotopic (exact) mass is 344 g/mol. The predicted octanol–water partition coefficient (Wildman–Crippen LogP) is 4.56. The molecule has 23 heavy (non-hydrogen) atoms. The third-order valence-corrected chi connectivity index (χ3v) is 5.29. The molecule has 0 aliphatic carbocycles. The van der Waals surface area contributed by atoms with Crippen molar-refractivity contribution in [2.24, 2.45) is 0 Å². The lowest BCUT2D eigenvalue weighted by atomic mass is 10.1. The van der Waals surface area contributed by atoms with Gasteiger partial charge in [-0.15, -0.1) is 11.3 Å². The van der Waals surface area contributed by atoms with Gasteiger partial charge in [0.1, 0.15) is 0 Å². The first-order valence-corrected chi connectivity index (χ1v) is 8.97. The number of hydrogen-bond donors (Lipinski definition) is 1. The third-order valence-electron chi connectivity index (χ3n) is 4.17. The number of aromatic nitrogens is 2. The molecule has 0 bridgehead atoms. The lowest BCUT2D eigenvalue weighted by Crippen LogP contribution is -2.18. The van der Waals surface area contributed by atoms with E-state index >= 15 is 0 Å². The maximum absolute atomic E-state index is 5.89. The maximum atomic E-state index is 5.89. The molecule has 3 heterocycles. The van der Waals surface area contributed by atoms with Crippen LogP contribution in [0.5, 0.6) is 0 Å². The van der Waals surface area contributed by atoms with E-state index in [4.69, 9.17) is 11.6 Å². The minimum atomic E-state index is 0.581. The average Bonchev–Trinajstić information content (AvgIpc) is 3.24. The summed E-state index contributed by atoms with van der Waals surface area (Å²) in [6.07, 6.45) is 6.22. The Morgan fingerprint density at radius 1 is 1.17 bits per heavy atom. The Hall–Kier alpha value is -1.85. The lowest BCUT2D eigenvalue weighted by Gasteiger charge is -2.20. The van der Waals surface area contributed by atoms with Crippen LogP contribution in [0.1, 0.15) is 17.7 Å². The fraction of sp³-hybridized carbons (Fsp3) is 0.294. The summed E-state index contributed by atoms with van der Waals surface area (Å²) in [7, 11) is 0. The van der Waals surface area contributed by atoms with E-state index in [0.29, 0.717) is 4.47 Å². The number of rotatable bonds is 4. The van der Waals surface area contributed by atoms with Gasteiger partial charge < -0.3 is 10.2 Å². The van der Waals surface area contributed by atoms with Crippen molar-refractivity contribution in [2.45, 2.75) is 19.4 Å². The summed E-state index contributed by atoms with van der Waals surface area (Å²) in [4.78, 5) is 12.3. The zero-order valence-corrected chi connectivity index (χ0v) is 14.2. The minimum Gasteiger partial charge on any atom is -0.380 e. The van der Waals surface area contributed by atoms with Crippen molar-refractivity contribution in [3.8, 4) is 0 Å². The van der Waals surface area contributed by atoms with Crippen molar-refractivity contribution in [2.75, 3.05) is 23.3 Å². The highest BCUT2D eigenvalue weighted by Gasteiger charge is 2.16. The van der Waals surface area contributed by atoms with Gasteiger partial charge in [0.25, 0.3) is 0 Å². The highest BCUT2D eigenvalue weighted by molar-refractivity contribution is 7.15. The molecule has 4 nitrogen and oxygen atoms in total. The summed E-state index contributed by atoms with van der Waals surface area (Å²) < 4.78 is 0.581. The number of nitrogens with zero attached hydrogens (tertiary/aromatic N) is 3. The Labute approximate surface area is 144 Å². The van der Waals surface area contributed by atoms with Crippen LogP contribution in [0.4, 0.5) is 11.4 Å². The molecular weight excluding hydrogens is 328 g/mol. The van der Waals surface area contributed by atoms with E-state index < -0.39 is 0 Å². The van der Waals surface area contributed by atoms with Gasteiger partial charge in [-0.25, -0.2) is 4.98 Å². The molecular formula is C17H17ClN4S.